The second-order valence-corrected chi connectivity index (χ2v) is 6.26. The third kappa shape index (κ3) is 2.34. The second-order valence-electron chi connectivity index (χ2n) is 6.26. The highest BCUT2D eigenvalue weighted by molar-refractivity contribution is 6.04. The van der Waals surface area contributed by atoms with Gasteiger partial charge in [0.1, 0.15) is 11.2 Å². The Labute approximate surface area is 124 Å². The first-order valence-corrected chi connectivity index (χ1v) is 7.90. The van der Waals surface area contributed by atoms with Crippen LogP contribution in [-0.2, 0) is 0 Å². The van der Waals surface area contributed by atoms with Gasteiger partial charge in [-0.05, 0) is 36.1 Å². The van der Waals surface area contributed by atoms with E-state index < -0.39 is 0 Å². The number of aliphatic hydroxyl groups is 1. The Morgan fingerprint density at radius 2 is 1.76 bits per heavy atom. The van der Waals surface area contributed by atoms with E-state index in [-0.39, 0.29) is 6.10 Å². The summed E-state index contributed by atoms with van der Waals surface area (Å²) in [4.78, 5) is 0. The van der Waals surface area contributed by atoms with E-state index >= 15 is 0 Å². The fraction of sp³-hybridized carbons (Fsp3) is 0.368. The Balaban J connectivity index is 1.70. The summed E-state index contributed by atoms with van der Waals surface area (Å²) in [6.07, 6.45) is 5.72. The molecule has 0 spiro atoms. The van der Waals surface area contributed by atoms with Gasteiger partial charge in [-0.15, -0.1) is 0 Å². The van der Waals surface area contributed by atoms with Crippen molar-refractivity contribution in [3.8, 4) is 0 Å². The first-order chi connectivity index (χ1) is 10.3. The van der Waals surface area contributed by atoms with E-state index in [1.807, 2.05) is 30.3 Å². The monoisotopic (exact) mass is 280 g/mol. The summed E-state index contributed by atoms with van der Waals surface area (Å²) in [7, 11) is 0. The van der Waals surface area contributed by atoms with Crippen LogP contribution in [0.4, 0.5) is 0 Å². The van der Waals surface area contributed by atoms with E-state index in [0.717, 1.165) is 33.9 Å². The zero-order valence-corrected chi connectivity index (χ0v) is 12.1. The number of aliphatic hydroxyl groups excluding tert-OH is 1. The molecule has 1 aliphatic carbocycles. The van der Waals surface area contributed by atoms with Crippen LogP contribution in [-0.4, -0.2) is 5.11 Å². The molecule has 21 heavy (non-hydrogen) atoms. The third-order valence-corrected chi connectivity index (χ3v) is 4.82. The van der Waals surface area contributed by atoms with Crippen molar-refractivity contribution in [2.24, 2.45) is 5.92 Å². The minimum absolute atomic E-state index is 0.355. The van der Waals surface area contributed by atoms with Gasteiger partial charge in [0.05, 0.1) is 6.10 Å². The molecule has 0 amide bonds. The van der Waals surface area contributed by atoms with Gasteiger partial charge in [0.25, 0.3) is 0 Å². The average Bonchev–Trinajstić information content (AvgIpc) is 3.13. The quantitative estimate of drug-likeness (QED) is 0.715. The Bertz CT molecular complexity index is 765. The average molecular weight is 280 g/mol. The fourth-order valence-electron chi connectivity index (χ4n) is 3.65. The molecule has 2 aromatic carbocycles. The van der Waals surface area contributed by atoms with Crippen molar-refractivity contribution in [3.63, 3.8) is 0 Å². The summed E-state index contributed by atoms with van der Waals surface area (Å²) in [6, 6.07) is 14.2. The van der Waals surface area contributed by atoms with Crippen LogP contribution in [0.5, 0.6) is 0 Å². The van der Waals surface area contributed by atoms with E-state index in [9.17, 15) is 5.11 Å². The summed E-state index contributed by atoms with van der Waals surface area (Å²) in [5, 5.41) is 12.8. The lowest BCUT2D eigenvalue weighted by atomic mass is 9.95. The molecule has 4 rings (SSSR count). The molecule has 2 nitrogen and oxygen atoms in total. The SMILES string of the molecule is OC(CC1CCCC1)c1ccc2oc3ccccc3c2c1. The van der Waals surface area contributed by atoms with Gasteiger partial charge in [-0.3, -0.25) is 0 Å². The molecule has 1 fully saturated rings. The molecule has 1 unspecified atom stereocenters. The molecule has 3 aromatic rings. The zero-order chi connectivity index (χ0) is 14.2. The van der Waals surface area contributed by atoms with Gasteiger partial charge < -0.3 is 9.52 Å². The molecule has 0 bridgehead atoms. The van der Waals surface area contributed by atoms with Crippen molar-refractivity contribution in [3.05, 3.63) is 48.0 Å². The second kappa shape index (κ2) is 5.19. The highest BCUT2D eigenvalue weighted by atomic mass is 16.3. The lowest BCUT2D eigenvalue weighted by Crippen LogP contribution is -2.04. The molecule has 2 heteroatoms. The number of rotatable bonds is 3. The normalized spacial score (nSPS) is 17.8. The zero-order valence-electron chi connectivity index (χ0n) is 12.1. The summed E-state index contributed by atoms with van der Waals surface area (Å²) < 4.78 is 5.84. The van der Waals surface area contributed by atoms with E-state index in [2.05, 4.69) is 12.1 Å². The van der Waals surface area contributed by atoms with Gasteiger partial charge in [0, 0.05) is 10.8 Å². The summed E-state index contributed by atoms with van der Waals surface area (Å²) in [5.74, 6) is 0.691. The highest BCUT2D eigenvalue weighted by Crippen LogP contribution is 2.35. The van der Waals surface area contributed by atoms with Crippen molar-refractivity contribution in [2.45, 2.75) is 38.2 Å². The number of furan rings is 1. The molecule has 1 N–H and O–H groups in total. The van der Waals surface area contributed by atoms with Crippen molar-refractivity contribution in [1.29, 1.82) is 0 Å². The van der Waals surface area contributed by atoms with Crippen LogP contribution in [0.15, 0.2) is 46.9 Å². The van der Waals surface area contributed by atoms with Gasteiger partial charge in [-0.25, -0.2) is 0 Å². The molecule has 1 saturated carbocycles. The molecule has 1 aromatic heterocycles. The molecule has 1 atom stereocenters. The van der Waals surface area contributed by atoms with Crippen LogP contribution in [0, 0.1) is 5.92 Å². The van der Waals surface area contributed by atoms with E-state index in [0.29, 0.717) is 5.92 Å². The van der Waals surface area contributed by atoms with Crippen LogP contribution in [0.2, 0.25) is 0 Å². The van der Waals surface area contributed by atoms with Crippen molar-refractivity contribution < 1.29 is 9.52 Å². The Morgan fingerprint density at radius 3 is 2.62 bits per heavy atom. The van der Waals surface area contributed by atoms with E-state index in [4.69, 9.17) is 4.42 Å². The number of fused-ring (bicyclic) bond motifs is 3. The molecular weight excluding hydrogens is 260 g/mol. The first-order valence-electron chi connectivity index (χ1n) is 7.90. The number of para-hydroxylation sites is 1. The number of benzene rings is 2. The summed E-state index contributed by atoms with van der Waals surface area (Å²) in [6.45, 7) is 0. The predicted molar refractivity (Wildman–Crippen MR) is 85.3 cm³/mol. The maximum Gasteiger partial charge on any atom is 0.135 e. The Hall–Kier alpha value is -1.80. The van der Waals surface area contributed by atoms with Crippen molar-refractivity contribution in [2.75, 3.05) is 0 Å². The maximum absolute atomic E-state index is 10.5. The number of hydrogen-bond acceptors (Lipinski definition) is 2. The third-order valence-electron chi connectivity index (χ3n) is 4.82. The summed E-state index contributed by atoms with van der Waals surface area (Å²) in [5.41, 5.74) is 2.82. The maximum atomic E-state index is 10.5. The molecule has 0 aliphatic heterocycles. The topological polar surface area (TPSA) is 33.4 Å². The molecule has 0 radical (unpaired) electrons. The first kappa shape index (κ1) is 12.9. The van der Waals surface area contributed by atoms with Gasteiger partial charge >= 0.3 is 0 Å². The molecular formula is C19H20O2. The highest BCUT2D eigenvalue weighted by Gasteiger charge is 2.20. The molecule has 1 aliphatic rings. The number of hydrogen-bond donors (Lipinski definition) is 1. The minimum atomic E-state index is -0.355. The van der Waals surface area contributed by atoms with Gasteiger partial charge in [-0.1, -0.05) is 49.9 Å². The van der Waals surface area contributed by atoms with Crippen molar-refractivity contribution >= 4 is 21.9 Å². The fourth-order valence-corrected chi connectivity index (χ4v) is 3.65. The van der Waals surface area contributed by atoms with Crippen LogP contribution < -0.4 is 0 Å². The summed E-state index contributed by atoms with van der Waals surface area (Å²) >= 11 is 0. The van der Waals surface area contributed by atoms with Crippen LogP contribution in [0.25, 0.3) is 21.9 Å². The van der Waals surface area contributed by atoms with Crippen LogP contribution in [0.3, 0.4) is 0 Å². The van der Waals surface area contributed by atoms with E-state index in [1.165, 1.54) is 25.7 Å². The Morgan fingerprint density at radius 1 is 1.00 bits per heavy atom. The predicted octanol–water partition coefficient (Wildman–Crippen LogP) is 5.20. The van der Waals surface area contributed by atoms with E-state index in [1.54, 1.807) is 0 Å². The lowest BCUT2D eigenvalue weighted by Gasteiger charge is -2.15. The largest absolute Gasteiger partial charge is 0.456 e. The standard InChI is InChI=1S/C19H20O2/c20-17(11-13-5-1-2-6-13)14-9-10-19-16(12-14)15-7-3-4-8-18(15)21-19/h3-4,7-10,12-13,17,20H,1-2,5-6,11H2. The van der Waals surface area contributed by atoms with Gasteiger partial charge in [0.15, 0.2) is 0 Å². The van der Waals surface area contributed by atoms with Gasteiger partial charge in [-0.2, -0.15) is 0 Å². The van der Waals surface area contributed by atoms with Crippen LogP contribution >= 0.6 is 0 Å². The van der Waals surface area contributed by atoms with Crippen molar-refractivity contribution in [1.82, 2.24) is 0 Å². The van der Waals surface area contributed by atoms with Crippen LogP contribution in [0.1, 0.15) is 43.8 Å². The molecule has 1 heterocycles. The Kier molecular flexibility index (Phi) is 3.19. The lowest BCUT2D eigenvalue weighted by molar-refractivity contribution is 0.145. The smallest absolute Gasteiger partial charge is 0.135 e. The molecule has 0 saturated heterocycles. The minimum Gasteiger partial charge on any atom is -0.456 e. The van der Waals surface area contributed by atoms with Gasteiger partial charge in [0.2, 0.25) is 0 Å². The molecule has 108 valence electrons.